The van der Waals surface area contributed by atoms with E-state index in [4.69, 9.17) is 5.26 Å². The highest BCUT2D eigenvalue weighted by Gasteiger charge is 2.13. The number of nitrogens with zero attached hydrogens (tertiary/aromatic N) is 1. The summed E-state index contributed by atoms with van der Waals surface area (Å²) in [6, 6.07) is 5.66. The second kappa shape index (κ2) is 6.02. The number of esters is 1. The van der Waals surface area contributed by atoms with E-state index in [9.17, 15) is 4.79 Å². The first-order chi connectivity index (χ1) is 7.62. The molecule has 0 bridgehead atoms. The van der Waals surface area contributed by atoms with Crippen LogP contribution in [0.1, 0.15) is 16.7 Å². The summed E-state index contributed by atoms with van der Waals surface area (Å²) in [6.07, 6.45) is 0.119. The van der Waals surface area contributed by atoms with Crippen molar-refractivity contribution in [3.8, 4) is 6.07 Å². The number of carbonyl (C=O) groups excluding carboxylic acids is 1. The van der Waals surface area contributed by atoms with Crippen LogP contribution in [0.15, 0.2) is 16.6 Å². The van der Waals surface area contributed by atoms with Crippen LogP contribution in [-0.4, -0.2) is 13.1 Å². The van der Waals surface area contributed by atoms with Gasteiger partial charge in [-0.25, -0.2) is 0 Å². The van der Waals surface area contributed by atoms with Crippen LogP contribution in [0.5, 0.6) is 0 Å². The summed E-state index contributed by atoms with van der Waals surface area (Å²) < 4.78 is 5.43. The monoisotopic (exact) mass is 345 g/mol. The maximum absolute atomic E-state index is 11.2. The van der Waals surface area contributed by atoms with Crippen LogP contribution < -0.4 is 0 Å². The van der Waals surface area contributed by atoms with Gasteiger partial charge in [-0.2, -0.15) is 5.26 Å². The Balaban J connectivity index is 3.23. The largest absolute Gasteiger partial charge is 0.469 e. The smallest absolute Gasteiger partial charge is 0.310 e. The van der Waals surface area contributed by atoms with Crippen molar-refractivity contribution >= 4 is 37.8 Å². The predicted octanol–water partition coefficient (Wildman–Crippen LogP) is 2.93. The van der Waals surface area contributed by atoms with Gasteiger partial charge in [0.1, 0.15) is 0 Å². The number of hydrogen-bond donors (Lipinski definition) is 0. The van der Waals surface area contributed by atoms with Gasteiger partial charge in [0.2, 0.25) is 0 Å². The summed E-state index contributed by atoms with van der Waals surface area (Å²) in [5, 5.41) is 9.60. The quantitative estimate of drug-likeness (QED) is 0.624. The lowest BCUT2D eigenvalue weighted by molar-refractivity contribution is -0.139. The highest BCUT2D eigenvalue weighted by Crippen LogP contribution is 2.24. The minimum Gasteiger partial charge on any atom is -0.469 e. The third kappa shape index (κ3) is 3.06. The molecule has 0 amide bonds. The molecule has 0 aliphatic carbocycles. The molecule has 1 aromatic rings. The zero-order valence-electron chi connectivity index (χ0n) is 8.59. The molecular formula is C11H9Br2NO2. The van der Waals surface area contributed by atoms with Crippen molar-refractivity contribution in [3.63, 3.8) is 0 Å². The molecular weight excluding hydrogens is 338 g/mol. The third-order valence-electron chi connectivity index (χ3n) is 2.12. The average Bonchev–Trinajstić information content (AvgIpc) is 2.30. The Kier molecular flexibility index (Phi) is 4.97. The minimum atomic E-state index is -0.346. The Hall–Kier alpha value is -0.860. The maximum atomic E-state index is 11.2. The maximum Gasteiger partial charge on any atom is 0.310 e. The Bertz CT molecular complexity index is 452. The Morgan fingerprint density at radius 3 is 2.75 bits per heavy atom. The van der Waals surface area contributed by atoms with Crippen LogP contribution in [0, 0.1) is 11.3 Å². The van der Waals surface area contributed by atoms with Gasteiger partial charge in [-0.15, -0.1) is 0 Å². The van der Waals surface area contributed by atoms with Crippen molar-refractivity contribution < 1.29 is 9.53 Å². The van der Waals surface area contributed by atoms with Gasteiger partial charge in [0.05, 0.1) is 25.2 Å². The number of alkyl halides is 1. The fourth-order valence-corrected chi connectivity index (χ4v) is 2.34. The molecule has 16 heavy (non-hydrogen) atoms. The molecule has 0 aliphatic rings. The van der Waals surface area contributed by atoms with Crippen LogP contribution in [-0.2, 0) is 21.3 Å². The van der Waals surface area contributed by atoms with E-state index in [1.165, 1.54) is 7.11 Å². The first-order valence-corrected chi connectivity index (χ1v) is 6.38. The number of methoxy groups -OCH3 is 1. The fourth-order valence-electron chi connectivity index (χ4n) is 1.34. The standard InChI is InChI=1S/C11H9Br2NO2/c1-16-11(15)4-10-7(5-12)2-9(13)3-8(10)6-14/h2-3H,4-5H2,1H3. The van der Waals surface area contributed by atoms with E-state index in [0.717, 1.165) is 15.6 Å². The summed E-state index contributed by atoms with van der Waals surface area (Å²) >= 11 is 6.66. The molecule has 0 atom stereocenters. The van der Waals surface area contributed by atoms with Gasteiger partial charge in [-0.1, -0.05) is 31.9 Å². The SMILES string of the molecule is COC(=O)Cc1c(C#N)cc(Br)cc1CBr. The van der Waals surface area contributed by atoms with E-state index in [0.29, 0.717) is 10.9 Å². The normalized spacial score (nSPS) is 9.62. The molecule has 0 N–H and O–H groups in total. The Labute approximate surface area is 111 Å². The second-order valence-electron chi connectivity index (χ2n) is 3.09. The van der Waals surface area contributed by atoms with Gasteiger partial charge in [-0.3, -0.25) is 4.79 Å². The number of rotatable bonds is 3. The van der Waals surface area contributed by atoms with Gasteiger partial charge in [0, 0.05) is 9.80 Å². The van der Waals surface area contributed by atoms with E-state index in [-0.39, 0.29) is 12.4 Å². The van der Waals surface area contributed by atoms with Gasteiger partial charge in [0.25, 0.3) is 0 Å². The van der Waals surface area contributed by atoms with Gasteiger partial charge in [0.15, 0.2) is 0 Å². The van der Waals surface area contributed by atoms with Gasteiger partial charge in [-0.05, 0) is 23.3 Å². The van der Waals surface area contributed by atoms with Crippen molar-refractivity contribution in [1.82, 2.24) is 0 Å². The van der Waals surface area contributed by atoms with Crippen LogP contribution in [0.3, 0.4) is 0 Å². The molecule has 1 rings (SSSR count). The molecule has 0 aromatic heterocycles. The van der Waals surface area contributed by atoms with Crippen molar-refractivity contribution in [1.29, 1.82) is 5.26 Å². The summed E-state index contributed by atoms with van der Waals surface area (Å²) in [6.45, 7) is 0. The molecule has 3 nitrogen and oxygen atoms in total. The summed E-state index contributed by atoms with van der Waals surface area (Å²) in [4.78, 5) is 11.2. The molecule has 0 aliphatic heterocycles. The zero-order valence-corrected chi connectivity index (χ0v) is 11.8. The van der Waals surface area contributed by atoms with E-state index < -0.39 is 0 Å². The lowest BCUT2D eigenvalue weighted by Gasteiger charge is -2.09. The molecule has 1 aromatic carbocycles. The first-order valence-electron chi connectivity index (χ1n) is 4.46. The summed E-state index contributed by atoms with van der Waals surface area (Å²) in [7, 11) is 1.33. The molecule has 5 heteroatoms. The predicted molar refractivity (Wildman–Crippen MR) is 67.2 cm³/mol. The highest BCUT2D eigenvalue weighted by atomic mass is 79.9. The van der Waals surface area contributed by atoms with Crippen molar-refractivity contribution in [2.45, 2.75) is 11.8 Å². The van der Waals surface area contributed by atoms with Crippen LogP contribution in [0.2, 0.25) is 0 Å². The lowest BCUT2D eigenvalue weighted by Crippen LogP contribution is -2.08. The number of halogens is 2. The number of benzene rings is 1. The number of ether oxygens (including phenoxy) is 1. The summed E-state index contributed by atoms with van der Waals surface area (Å²) in [5.41, 5.74) is 2.12. The molecule has 0 saturated carbocycles. The molecule has 84 valence electrons. The first kappa shape index (κ1) is 13.2. The van der Waals surface area contributed by atoms with Crippen molar-refractivity contribution in [2.75, 3.05) is 7.11 Å². The van der Waals surface area contributed by atoms with Crippen LogP contribution >= 0.6 is 31.9 Å². The summed E-state index contributed by atoms with van der Waals surface area (Å²) in [5.74, 6) is -0.346. The molecule has 0 unspecified atom stereocenters. The number of hydrogen-bond acceptors (Lipinski definition) is 3. The van der Waals surface area contributed by atoms with Crippen LogP contribution in [0.4, 0.5) is 0 Å². The van der Waals surface area contributed by atoms with Gasteiger partial charge < -0.3 is 4.74 Å². The number of carbonyl (C=O) groups is 1. The van der Waals surface area contributed by atoms with Gasteiger partial charge >= 0.3 is 5.97 Å². The van der Waals surface area contributed by atoms with E-state index >= 15 is 0 Å². The minimum absolute atomic E-state index is 0.119. The number of nitriles is 1. The Morgan fingerprint density at radius 1 is 1.56 bits per heavy atom. The highest BCUT2D eigenvalue weighted by molar-refractivity contribution is 9.10. The van der Waals surface area contributed by atoms with Crippen molar-refractivity contribution in [2.24, 2.45) is 0 Å². The van der Waals surface area contributed by atoms with Crippen molar-refractivity contribution in [3.05, 3.63) is 33.3 Å². The molecule has 0 spiro atoms. The fraction of sp³-hybridized carbons (Fsp3) is 0.273. The van der Waals surface area contributed by atoms with E-state index in [1.807, 2.05) is 6.07 Å². The molecule has 0 saturated heterocycles. The lowest BCUT2D eigenvalue weighted by atomic mass is 10.00. The van der Waals surface area contributed by atoms with Crippen LogP contribution in [0.25, 0.3) is 0 Å². The molecule has 0 radical (unpaired) electrons. The molecule has 0 fully saturated rings. The Morgan fingerprint density at radius 2 is 2.25 bits per heavy atom. The van der Waals surface area contributed by atoms with E-state index in [2.05, 4.69) is 42.7 Å². The second-order valence-corrected chi connectivity index (χ2v) is 4.57. The van der Waals surface area contributed by atoms with E-state index in [1.54, 1.807) is 6.07 Å². The zero-order chi connectivity index (χ0) is 12.1. The average molecular weight is 347 g/mol. The third-order valence-corrected chi connectivity index (χ3v) is 3.18. The molecule has 0 heterocycles. The topological polar surface area (TPSA) is 50.1 Å².